The Kier molecular flexibility index (Phi) is 5.38. The molecule has 2 nitrogen and oxygen atoms in total. The van der Waals surface area contributed by atoms with Gasteiger partial charge >= 0.3 is 0 Å². The third-order valence-electron chi connectivity index (χ3n) is 2.45. The zero-order chi connectivity index (χ0) is 11.4. The average Bonchev–Trinajstić information content (AvgIpc) is 2.02. The summed E-state index contributed by atoms with van der Waals surface area (Å²) in [6.07, 6.45) is 0.961. The molecule has 84 valence electrons. The highest BCUT2D eigenvalue weighted by molar-refractivity contribution is 4.97. The van der Waals surface area contributed by atoms with Crippen molar-refractivity contribution in [2.45, 2.75) is 52.7 Å². The summed E-state index contributed by atoms with van der Waals surface area (Å²) in [4.78, 5) is 0. The maximum Gasteiger partial charge on any atom is 0.0881 e. The summed E-state index contributed by atoms with van der Waals surface area (Å²) in [7, 11) is 1.65. The van der Waals surface area contributed by atoms with Gasteiger partial charge in [0, 0.05) is 7.11 Å². The molecule has 2 unspecified atom stereocenters. The Morgan fingerprint density at radius 1 is 1.43 bits per heavy atom. The van der Waals surface area contributed by atoms with Gasteiger partial charge in [-0.2, -0.15) is 0 Å². The lowest BCUT2D eigenvalue weighted by atomic mass is 9.83. The first-order valence-electron chi connectivity index (χ1n) is 5.20. The van der Waals surface area contributed by atoms with Gasteiger partial charge in [0.15, 0.2) is 0 Å². The molecule has 1 N–H and O–H groups in total. The molecule has 2 atom stereocenters. The molecule has 2 heteroatoms. The van der Waals surface area contributed by atoms with Crippen LogP contribution in [-0.2, 0) is 4.74 Å². The van der Waals surface area contributed by atoms with Gasteiger partial charge in [-0.15, -0.1) is 0 Å². The van der Waals surface area contributed by atoms with E-state index in [1.165, 1.54) is 0 Å². The summed E-state index contributed by atoms with van der Waals surface area (Å²) in [6, 6.07) is 0. The van der Waals surface area contributed by atoms with Gasteiger partial charge in [-0.05, 0) is 18.3 Å². The van der Waals surface area contributed by atoms with Gasteiger partial charge < -0.3 is 9.84 Å². The van der Waals surface area contributed by atoms with Crippen LogP contribution in [0.3, 0.4) is 0 Å². The van der Waals surface area contributed by atoms with Gasteiger partial charge in [0.2, 0.25) is 0 Å². The number of rotatable bonds is 5. The highest BCUT2D eigenvalue weighted by Gasteiger charge is 2.31. The van der Waals surface area contributed by atoms with Crippen molar-refractivity contribution >= 4 is 0 Å². The predicted molar refractivity (Wildman–Crippen MR) is 60.3 cm³/mol. The molecule has 0 saturated carbocycles. The number of aliphatic hydroxyl groups is 1. The van der Waals surface area contributed by atoms with E-state index in [1.54, 1.807) is 7.11 Å². The molecular formula is C12H24O2. The third kappa shape index (κ3) is 4.25. The van der Waals surface area contributed by atoms with E-state index in [2.05, 4.69) is 27.4 Å². The maximum absolute atomic E-state index is 9.96. The summed E-state index contributed by atoms with van der Waals surface area (Å²) in [6.45, 7) is 12.2. The third-order valence-corrected chi connectivity index (χ3v) is 2.45. The second-order valence-corrected chi connectivity index (χ2v) is 4.90. The predicted octanol–water partition coefficient (Wildman–Crippen LogP) is 2.76. The molecule has 0 aromatic carbocycles. The molecule has 0 aliphatic rings. The van der Waals surface area contributed by atoms with Gasteiger partial charge in [-0.3, -0.25) is 0 Å². The number of ether oxygens (including phenoxy) is 1. The minimum atomic E-state index is -0.451. The highest BCUT2D eigenvalue weighted by atomic mass is 16.5. The number of methoxy groups -OCH3 is 1. The molecule has 0 spiro atoms. The average molecular weight is 200 g/mol. The van der Waals surface area contributed by atoms with Crippen LogP contribution in [0.15, 0.2) is 12.2 Å². The van der Waals surface area contributed by atoms with E-state index in [4.69, 9.17) is 4.74 Å². The van der Waals surface area contributed by atoms with Crippen molar-refractivity contribution in [3.05, 3.63) is 12.2 Å². The van der Waals surface area contributed by atoms with Gasteiger partial charge in [-0.25, -0.2) is 0 Å². The van der Waals surface area contributed by atoms with Crippen LogP contribution in [0, 0.1) is 5.41 Å². The van der Waals surface area contributed by atoms with Gasteiger partial charge in [-0.1, -0.05) is 39.8 Å². The summed E-state index contributed by atoms with van der Waals surface area (Å²) < 4.78 is 5.33. The maximum atomic E-state index is 9.96. The second-order valence-electron chi connectivity index (χ2n) is 4.90. The molecule has 0 aromatic heterocycles. The minimum absolute atomic E-state index is 0.0395. The molecule has 0 fully saturated rings. The van der Waals surface area contributed by atoms with Crippen molar-refractivity contribution in [1.82, 2.24) is 0 Å². The van der Waals surface area contributed by atoms with Crippen LogP contribution in [0.5, 0.6) is 0 Å². The monoisotopic (exact) mass is 200 g/mol. The van der Waals surface area contributed by atoms with Crippen LogP contribution in [0.2, 0.25) is 0 Å². The smallest absolute Gasteiger partial charge is 0.0881 e. The molecule has 0 heterocycles. The Hall–Kier alpha value is -0.340. The van der Waals surface area contributed by atoms with Crippen molar-refractivity contribution < 1.29 is 9.84 Å². The van der Waals surface area contributed by atoms with Crippen molar-refractivity contribution in [3.63, 3.8) is 0 Å². The van der Waals surface area contributed by atoms with E-state index in [0.717, 1.165) is 12.0 Å². The number of hydrogen-bond acceptors (Lipinski definition) is 2. The zero-order valence-corrected chi connectivity index (χ0v) is 10.1. The largest absolute Gasteiger partial charge is 0.390 e. The normalized spacial score (nSPS) is 16.4. The Bertz CT molecular complexity index is 179. The van der Waals surface area contributed by atoms with E-state index in [-0.39, 0.29) is 11.5 Å². The van der Waals surface area contributed by atoms with Crippen LogP contribution >= 0.6 is 0 Å². The first kappa shape index (κ1) is 13.7. The Morgan fingerprint density at radius 3 is 2.21 bits per heavy atom. The van der Waals surface area contributed by atoms with E-state index in [1.807, 2.05) is 6.92 Å². The number of hydrogen-bond donors (Lipinski definition) is 1. The van der Waals surface area contributed by atoms with E-state index < -0.39 is 6.10 Å². The molecule has 0 aliphatic heterocycles. The van der Waals surface area contributed by atoms with Crippen LogP contribution < -0.4 is 0 Å². The minimum Gasteiger partial charge on any atom is -0.390 e. The van der Waals surface area contributed by atoms with Crippen LogP contribution in [-0.4, -0.2) is 24.4 Å². The molecule has 14 heavy (non-hydrogen) atoms. The first-order valence-corrected chi connectivity index (χ1v) is 5.20. The topological polar surface area (TPSA) is 29.5 Å². The molecule has 0 aliphatic carbocycles. The molecule has 0 radical (unpaired) electrons. The van der Waals surface area contributed by atoms with E-state index in [0.29, 0.717) is 6.42 Å². The van der Waals surface area contributed by atoms with Crippen LogP contribution in [0.4, 0.5) is 0 Å². The molecule has 0 bridgehead atoms. The number of aliphatic hydroxyl groups excluding tert-OH is 1. The van der Waals surface area contributed by atoms with Crippen molar-refractivity contribution in [2.75, 3.05) is 7.11 Å². The summed E-state index contributed by atoms with van der Waals surface area (Å²) in [5.41, 5.74) is 1.03. The van der Waals surface area contributed by atoms with Gasteiger partial charge in [0.25, 0.3) is 0 Å². The molecule has 0 aromatic rings. The fourth-order valence-corrected chi connectivity index (χ4v) is 1.63. The quantitative estimate of drug-likeness (QED) is 0.691. The van der Waals surface area contributed by atoms with Crippen molar-refractivity contribution in [3.8, 4) is 0 Å². The first-order chi connectivity index (χ1) is 6.32. The Morgan fingerprint density at radius 2 is 1.93 bits per heavy atom. The standard InChI is InChI=1S/C12H24O2/c1-7-9(2)8-10(13)11(14-6)12(3,4)5/h10-11,13H,2,7-8H2,1,3-6H3. The molecule has 0 rings (SSSR count). The molecule has 0 saturated heterocycles. The lowest BCUT2D eigenvalue weighted by Gasteiger charge is -2.33. The Labute approximate surface area is 88.0 Å². The SMILES string of the molecule is C=C(CC)CC(O)C(OC)C(C)(C)C. The molecule has 0 amide bonds. The zero-order valence-electron chi connectivity index (χ0n) is 10.1. The van der Waals surface area contributed by atoms with Crippen molar-refractivity contribution in [2.24, 2.45) is 5.41 Å². The lowest BCUT2D eigenvalue weighted by Crippen LogP contribution is -2.39. The highest BCUT2D eigenvalue weighted by Crippen LogP contribution is 2.27. The van der Waals surface area contributed by atoms with E-state index in [9.17, 15) is 5.11 Å². The Balaban J connectivity index is 4.32. The fraction of sp³-hybridized carbons (Fsp3) is 0.833. The fourth-order valence-electron chi connectivity index (χ4n) is 1.63. The summed E-state index contributed by atoms with van der Waals surface area (Å²) >= 11 is 0. The van der Waals surface area contributed by atoms with Crippen LogP contribution in [0.25, 0.3) is 0 Å². The van der Waals surface area contributed by atoms with Crippen molar-refractivity contribution in [1.29, 1.82) is 0 Å². The van der Waals surface area contributed by atoms with Gasteiger partial charge in [0.05, 0.1) is 12.2 Å². The lowest BCUT2D eigenvalue weighted by molar-refractivity contribution is -0.0699. The van der Waals surface area contributed by atoms with Gasteiger partial charge in [0.1, 0.15) is 0 Å². The summed E-state index contributed by atoms with van der Waals surface area (Å²) in [5.74, 6) is 0. The van der Waals surface area contributed by atoms with E-state index >= 15 is 0 Å². The summed E-state index contributed by atoms with van der Waals surface area (Å²) in [5, 5.41) is 9.96. The second kappa shape index (κ2) is 5.52. The molecular weight excluding hydrogens is 176 g/mol. The van der Waals surface area contributed by atoms with Crippen LogP contribution in [0.1, 0.15) is 40.5 Å².